The van der Waals surface area contributed by atoms with Gasteiger partial charge in [-0.2, -0.15) is 10.4 Å². The van der Waals surface area contributed by atoms with Gasteiger partial charge >= 0.3 is 0 Å². The lowest BCUT2D eigenvalue weighted by Crippen LogP contribution is -2.20. The van der Waals surface area contributed by atoms with Crippen LogP contribution in [0.25, 0.3) is 16.9 Å². The highest BCUT2D eigenvalue weighted by Gasteiger charge is 2.17. The summed E-state index contributed by atoms with van der Waals surface area (Å²) in [5, 5.41) is 16.1. The first-order valence-corrected chi connectivity index (χ1v) is 13.5. The first-order valence-electron chi connectivity index (χ1n) is 11.8. The Kier molecular flexibility index (Phi) is 7.09. The van der Waals surface area contributed by atoms with Crippen LogP contribution in [0.4, 0.5) is 5.69 Å². The molecule has 0 atom stereocenters. The zero-order chi connectivity index (χ0) is 26.8. The molecule has 7 nitrogen and oxygen atoms in total. The average molecular weight is 584 g/mol. The van der Waals surface area contributed by atoms with E-state index in [9.17, 15) is 4.79 Å². The van der Waals surface area contributed by atoms with E-state index < -0.39 is 0 Å². The topological polar surface area (TPSA) is 80.4 Å². The molecule has 0 bridgehead atoms. The summed E-state index contributed by atoms with van der Waals surface area (Å²) in [6, 6.07) is 26.9. The summed E-state index contributed by atoms with van der Waals surface area (Å²) in [6.07, 6.45) is 0. The molecule has 0 saturated heterocycles. The molecule has 0 unspecified atom stereocenters. The Morgan fingerprint density at radius 2 is 1.68 bits per heavy atom. The smallest absolute Gasteiger partial charge is 0.283 e. The van der Waals surface area contributed by atoms with Gasteiger partial charge in [0.05, 0.1) is 34.4 Å². The SMILES string of the molecule is CC(=Nn1c(-c2ccc(Br)cc2)csc1=Nc1c(C)n(C)n(-c2ccccc2)c1=O)c1ccc(C#N)cc1. The molecule has 3 aromatic carbocycles. The Morgan fingerprint density at radius 1 is 1.00 bits per heavy atom. The standard InChI is InChI=1S/C29H23BrN6OS/c1-19(22-11-9-21(17-31)10-12-22)33-35-26(23-13-15-24(30)16-14-23)18-38-29(35)32-27-20(2)34(3)36(28(27)37)25-7-5-4-6-8-25/h4-16,18H,1-3H3. The van der Waals surface area contributed by atoms with E-state index in [-0.39, 0.29) is 5.56 Å². The fourth-order valence-electron chi connectivity index (χ4n) is 4.07. The van der Waals surface area contributed by atoms with Crippen LogP contribution in [0.1, 0.15) is 23.7 Å². The first-order chi connectivity index (χ1) is 18.4. The summed E-state index contributed by atoms with van der Waals surface area (Å²) in [7, 11) is 1.85. The van der Waals surface area contributed by atoms with Gasteiger partial charge in [0.2, 0.25) is 4.80 Å². The van der Waals surface area contributed by atoms with Crippen molar-refractivity contribution in [2.45, 2.75) is 13.8 Å². The molecule has 0 N–H and O–H groups in total. The monoisotopic (exact) mass is 582 g/mol. The van der Waals surface area contributed by atoms with Crippen LogP contribution < -0.4 is 10.4 Å². The zero-order valence-electron chi connectivity index (χ0n) is 21.0. The number of halogens is 1. The molecule has 0 aliphatic carbocycles. The normalized spacial score (nSPS) is 12.1. The van der Waals surface area contributed by atoms with Crippen LogP contribution in [-0.4, -0.2) is 19.8 Å². The van der Waals surface area contributed by atoms with Gasteiger partial charge in [-0.1, -0.05) is 58.4 Å². The number of para-hydroxylation sites is 1. The Hall–Kier alpha value is -4.26. The molecule has 0 spiro atoms. The van der Waals surface area contributed by atoms with Crippen LogP contribution in [0.2, 0.25) is 0 Å². The van der Waals surface area contributed by atoms with Crippen LogP contribution >= 0.6 is 27.3 Å². The van der Waals surface area contributed by atoms with Crippen molar-refractivity contribution in [2.75, 3.05) is 0 Å². The molecule has 5 aromatic rings. The number of nitrogens with zero attached hydrogens (tertiary/aromatic N) is 6. The van der Waals surface area contributed by atoms with Gasteiger partial charge in [0.15, 0.2) is 5.69 Å². The van der Waals surface area contributed by atoms with Crippen LogP contribution in [0.15, 0.2) is 104 Å². The van der Waals surface area contributed by atoms with Gasteiger partial charge in [-0.05, 0) is 55.8 Å². The van der Waals surface area contributed by atoms with Gasteiger partial charge in [-0.25, -0.2) is 14.4 Å². The number of benzene rings is 3. The second kappa shape index (κ2) is 10.6. The zero-order valence-corrected chi connectivity index (χ0v) is 23.4. The maximum Gasteiger partial charge on any atom is 0.297 e. The van der Waals surface area contributed by atoms with E-state index in [1.165, 1.54) is 11.3 Å². The minimum absolute atomic E-state index is 0.200. The second-order valence-electron chi connectivity index (χ2n) is 8.62. The largest absolute Gasteiger partial charge is 0.297 e. The van der Waals surface area contributed by atoms with Crippen LogP contribution in [0, 0.1) is 18.3 Å². The van der Waals surface area contributed by atoms with Gasteiger partial charge in [0, 0.05) is 22.5 Å². The van der Waals surface area contributed by atoms with Gasteiger partial charge in [0.25, 0.3) is 5.56 Å². The Morgan fingerprint density at radius 3 is 2.34 bits per heavy atom. The summed E-state index contributed by atoms with van der Waals surface area (Å²) < 4.78 is 6.19. The number of nitriles is 1. The number of hydrogen-bond acceptors (Lipinski definition) is 5. The predicted molar refractivity (Wildman–Crippen MR) is 155 cm³/mol. The number of aromatic nitrogens is 3. The summed E-state index contributed by atoms with van der Waals surface area (Å²) in [6.45, 7) is 3.80. The van der Waals surface area contributed by atoms with Gasteiger partial charge in [-0.3, -0.25) is 9.48 Å². The molecule has 188 valence electrons. The lowest BCUT2D eigenvalue weighted by atomic mass is 10.1. The minimum Gasteiger partial charge on any atom is -0.283 e. The summed E-state index contributed by atoms with van der Waals surface area (Å²) in [5.41, 5.74) is 5.72. The molecule has 2 heterocycles. The molecule has 9 heteroatoms. The van der Waals surface area contributed by atoms with E-state index >= 15 is 0 Å². The Bertz CT molecular complexity index is 1820. The predicted octanol–water partition coefficient (Wildman–Crippen LogP) is 6.15. The lowest BCUT2D eigenvalue weighted by Gasteiger charge is -2.07. The van der Waals surface area contributed by atoms with Crippen molar-refractivity contribution in [2.24, 2.45) is 17.1 Å². The molecule has 0 aliphatic heterocycles. The van der Waals surface area contributed by atoms with Crippen molar-refractivity contribution in [3.8, 4) is 23.0 Å². The third-order valence-electron chi connectivity index (χ3n) is 6.24. The van der Waals surface area contributed by atoms with Crippen molar-refractivity contribution < 1.29 is 0 Å². The van der Waals surface area contributed by atoms with Crippen LogP contribution in [0.5, 0.6) is 0 Å². The maximum absolute atomic E-state index is 13.5. The van der Waals surface area contributed by atoms with E-state index in [2.05, 4.69) is 22.0 Å². The van der Waals surface area contributed by atoms with Crippen molar-refractivity contribution >= 4 is 38.7 Å². The third kappa shape index (κ3) is 4.84. The molecule has 0 fully saturated rings. The van der Waals surface area contributed by atoms with Crippen molar-refractivity contribution in [3.63, 3.8) is 0 Å². The molecule has 0 aliphatic rings. The van der Waals surface area contributed by atoms with Gasteiger partial charge < -0.3 is 0 Å². The number of thiazole rings is 1. The molecular formula is C29H23BrN6OS. The number of hydrogen-bond donors (Lipinski definition) is 0. The van der Waals surface area contributed by atoms with E-state index in [4.69, 9.17) is 15.4 Å². The molecule has 2 aromatic heterocycles. The van der Waals surface area contributed by atoms with E-state index in [0.717, 1.165) is 38.4 Å². The van der Waals surface area contributed by atoms with E-state index in [1.807, 2.05) is 97.7 Å². The summed E-state index contributed by atoms with van der Waals surface area (Å²) in [4.78, 5) is 18.9. The maximum atomic E-state index is 13.5. The van der Waals surface area contributed by atoms with E-state index in [1.54, 1.807) is 21.5 Å². The molecule has 38 heavy (non-hydrogen) atoms. The first kappa shape index (κ1) is 25.4. The molecule has 5 rings (SSSR count). The van der Waals surface area contributed by atoms with Gasteiger partial charge in [0.1, 0.15) is 0 Å². The highest BCUT2D eigenvalue weighted by atomic mass is 79.9. The lowest BCUT2D eigenvalue weighted by molar-refractivity contribution is 0.630. The van der Waals surface area contributed by atoms with Crippen LogP contribution in [-0.2, 0) is 7.05 Å². The molecule has 0 amide bonds. The summed E-state index contributed by atoms with van der Waals surface area (Å²) >= 11 is 4.92. The second-order valence-corrected chi connectivity index (χ2v) is 10.4. The average Bonchev–Trinajstić information content (AvgIpc) is 3.42. The molecular weight excluding hydrogens is 560 g/mol. The Labute approximate surface area is 232 Å². The molecule has 0 saturated carbocycles. The highest BCUT2D eigenvalue weighted by Crippen LogP contribution is 2.24. The fraction of sp³-hybridized carbons (Fsp3) is 0.103. The van der Waals surface area contributed by atoms with Crippen molar-refractivity contribution in [1.29, 1.82) is 5.26 Å². The summed E-state index contributed by atoms with van der Waals surface area (Å²) in [5.74, 6) is 0. The van der Waals surface area contributed by atoms with Crippen LogP contribution in [0.3, 0.4) is 0 Å². The van der Waals surface area contributed by atoms with Crippen molar-refractivity contribution in [1.82, 2.24) is 14.0 Å². The molecule has 0 radical (unpaired) electrons. The fourth-order valence-corrected chi connectivity index (χ4v) is 5.17. The quantitative estimate of drug-likeness (QED) is 0.233. The minimum atomic E-state index is -0.200. The third-order valence-corrected chi connectivity index (χ3v) is 7.58. The Balaban J connectivity index is 1.71. The van der Waals surface area contributed by atoms with Gasteiger partial charge in [-0.15, -0.1) is 11.3 Å². The van der Waals surface area contributed by atoms with E-state index in [0.29, 0.717) is 16.1 Å². The highest BCUT2D eigenvalue weighted by molar-refractivity contribution is 9.10. The van der Waals surface area contributed by atoms with Crippen molar-refractivity contribution in [3.05, 3.63) is 121 Å². The number of rotatable bonds is 5.